The Morgan fingerprint density at radius 3 is 3.10 bits per heavy atom. The third-order valence-corrected chi connectivity index (χ3v) is 3.27. The SMILES string of the molecule is C=C1CS[C@H]2CC(=O)N2C1. The van der Waals surface area contributed by atoms with Gasteiger partial charge >= 0.3 is 0 Å². The van der Waals surface area contributed by atoms with Crippen molar-refractivity contribution >= 4 is 17.7 Å². The van der Waals surface area contributed by atoms with Crippen LogP contribution in [0.15, 0.2) is 12.2 Å². The molecule has 2 saturated heterocycles. The molecule has 0 aromatic heterocycles. The van der Waals surface area contributed by atoms with E-state index in [9.17, 15) is 4.79 Å². The molecule has 0 unspecified atom stereocenters. The van der Waals surface area contributed by atoms with Crippen molar-refractivity contribution in [2.75, 3.05) is 12.3 Å². The van der Waals surface area contributed by atoms with Crippen molar-refractivity contribution in [3.63, 3.8) is 0 Å². The van der Waals surface area contributed by atoms with Crippen molar-refractivity contribution in [1.29, 1.82) is 0 Å². The Balaban J connectivity index is 2.07. The van der Waals surface area contributed by atoms with Gasteiger partial charge in [-0.25, -0.2) is 0 Å². The number of hydrogen-bond donors (Lipinski definition) is 0. The zero-order chi connectivity index (χ0) is 7.14. The Morgan fingerprint density at radius 1 is 1.70 bits per heavy atom. The van der Waals surface area contributed by atoms with E-state index < -0.39 is 0 Å². The molecule has 2 fully saturated rings. The van der Waals surface area contributed by atoms with Gasteiger partial charge in [0, 0.05) is 12.3 Å². The highest BCUT2D eigenvalue weighted by Gasteiger charge is 2.38. The number of amides is 1. The summed E-state index contributed by atoms with van der Waals surface area (Å²) in [5, 5.41) is 0.484. The van der Waals surface area contributed by atoms with Gasteiger partial charge in [-0.1, -0.05) is 6.58 Å². The van der Waals surface area contributed by atoms with Crippen LogP contribution in [-0.4, -0.2) is 28.5 Å². The monoisotopic (exact) mass is 155 g/mol. The Bertz CT molecular complexity index is 196. The summed E-state index contributed by atoms with van der Waals surface area (Å²) in [5.41, 5.74) is 1.18. The van der Waals surface area contributed by atoms with E-state index in [0.29, 0.717) is 11.3 Å². The number of fused-ring (bicyclic) bond motifs is 1. The Hall–Kier alpha value is -0.440. The lowest BCUT2D eigenvalue weighted by molar-refractivity contribution is -0.141. The third-order valence-electron chi connectivity index (χ3n) is 1.89. The molecule has 3 heteroatoms. The first-order chi connectivity index (χ1) is 4.77. The van der Waals surface area contributed by atoms with E-state index in [2.05, 4.69) is 6.58 Å². The number of hydrogen-bond acceptors (Lipinski definition) is 2. The lowest BCUT2D eigenvalue weighted by Crippen LogP contribution is -2.53. The Morgan fingerprint density at radius 2 is 2.50 bits per heavy atom. The van der Waals surface area contributed by atoms with Crippen LogP contribution in [-0.2, 0) is 4.79 Å². The van der Waals surface area contributed by atoms with Gasteiger partial charge in [0.05, 0.1) is 11.8 Å². The molecule has 0 aliphatic carbocycles. The maximum Gasteiger partial charge on any atom is 0.226 e. The zero-order valence-electron chi connectivity index (χ0n) is 5.67. The van der Waals surface area contributed by atoms with E-state index in [4.69, 9.17) is 0 Å². The number of thioether (sulfide) groups is 1. The summed E-state index contributed by atoms with van der Waals surface area (Å²) in [6.07, 6.45) is 0.748. The predicted octanol–water partition coefficient (Wildman–Crippen LogP) is 0.848. The normalized spacial score (nSPS) is 31.6. The predicted molar refractivity (Wildman–Crippen MR) is 41.7 cm³/mol. The molecule has 2 aliphatic rings. The summed E-state index contributed by atoms with van der Waals surface area (Å²) in [4.78, 5) is 12.8. The molecule has 2 nitrogen and oxygen atoms in total. The van der Waals surface area contributed by atoms with Crippen LogP contribution in [0.3, 0.4) is 0 Å². The van der Waals surface area contributed by atoms with Gasteiger partial charge < -0.3 is 4.90 Å². The molecular weight excluding hydrogens is 146 g/mol. The largest absolute Gasteiger partial charge is 0.326 e. The molecule has 54 valence electrons. The minimum Gasteiger partial charge on any atom is -0.326 e. The first-order valence-electron chi connectivity index (χ1n) is 3.35. The lowest BCUT2D eigenvalue weighted by atomic mass is 10.1. The van der Waals surface area contributed by atoms with Crippen molar-refractivity contribution in [2.45, 2.75) is 11.8 Å². The molecule has 0 aromatic carbocycles. The summed E-state index contributed by atoms with van der Waals surface area (Å²) >= 11 is 1.83. The fourth-order valence-corrected chi connectivity index (χ4v) is 2.42. The Labute approximate surface area is 64.3 Å². The van der Waals surface area contributed by atoms with Gasteiger partial charge in [0.15, 0.2) is 0 Å². The van der Waals surface area contributed by atoms with E-state index in [1.807, 2.05) is 16.7 Å². The number of nitrogens with zero attached hydrogens (tertiary/aromatic N) is 1. The summed E-state index contributed by atoms with van der Waals surface area (Å²) in [6, 6.07) is 0. The number of β-lactam (4-membered cyclic amide) rings is 1. The van der Waals surface area contributed by atoms with Gasteiger partial charge in [-0.15, -0.1) is 11.8 Å². The summed E-state index contributed by atoms with van der Waals surface area (Å²) in [6.45, 7) is 4.65. The quantitative estimate of drug-likeness (QED) is 0.382. The van der Waals surface area contributed by atoms with Crippen molar-refractivity contribution < 1.29 is 4.79 Å². The van der Waals surface area contributed by atoms with Gasteiger partial charge in [0.25, 0.3) is 0 Å². The average Bonchev–Trinajstić information content (AvgIpc) is 1.92. The maximum absolute atomic E-state index is 10.9. The molecule has 0 bridgehead atoms. The molecule has 0 saturated carbocycles. The average molecular weight is 155 g/mol. The number of carbonyl (C=O) groups excluding carboxylic acids is 1. The van der Waals surface area contributed by atoms with Crippen molar-refractivity contribution in [3.8, 4) is 0 Å². The lowest BCUT2D eigenvalue weighted by Gasteiger charge is -2.43. The molecule has 0 spiro atoms. The highest BCUT2D eigenvalue weighted by molar-refractivity contribution is 8.00. The summed E-state index contributed by atoms with van der Waals surface area (Å²) in [5.74, 6) is 1.33. The van der Waals surface area contributed by atoms with Crippen molar-refractivity contribution in [2.24, 2.45) is 0 Å². The van der Waals surface area contributed by atoms with Crippen molar-refractivity contribution in [1.82, 2.24) is 4.90 Å². The summed E-state index contributed by atoms with van der Waals surface area (Å²) in [7, 11) is 0. The fraction of sp³-hybridized carbons (Fsp3) is 0.571. The number of carbonyl (C=O) groups is 1. The van der Waals surface area contributed by atoms with Gasteiger partial charge in [-0.3, -0.25) is 4.79 Å². The molecule has 1 atom stereocenters. The zero-order valence-corrected chi connectivity index (χ0v) is 6.49. The van der Waals surface area contributed by atoms with E-state index in [0.717, 1.165) is 18.7 Å². The summed E-state index contributed by atoms with van der Waals surface area (Å²) < 4.78 is 0. The van der Waals surface area contributed by atoms with Crippen LogP contribution < -0.4 is 0 Å². The Kier molecular flexibility index (Phi) is 1.27. The number of rotatable bonds is 0. The second kappa shape index (κ2) is 2.02. The molecule has 10 heavy (non-hydrogen) atoms. The van der Waals surface area contributed by atoms with Crippen molar-refractivity contribution in [3.05, 3.63) is 12.2 Å². The second-order valence-corrected chi connectivity index (χ2v) is 3.91. The van der Waals surface area contributed by atoms with Crippen LogP contribution in [0.2, 0.25) is 0 Å². The van der Waals surface area contributed by atoms with Crippen LogP contribution in [0, 0.1) is 0 Å². The molecule has 0 radical (unpaired) electrons. The molecule has 2 aliphatic heterocycles. The van der Waals surface area contributed by atoms with E-state index >= 15 is 0 Å². The topological polar surface area (TPSA) is 20.3 Å². The smallest absolute Gasteiger partial charge is 0.226 e. The molecular formula is C7H9NOS. The van der Waals surface area contributed by atoms with Crippen LogP contribution in [0.25, 0.3) is 0 Å². The first kappa shape index (κ1) is 6.28. The third kappa shape index (κ3) is 0.770. The van der Waals surface area contributed by atoms with Gasteiger partial charge in [-0.2, -0.15) is 0 Å². The maximum atomic E-state index is 10.9. The van der Waals surface area contributed by atoms with Crippen LogP contribution >= 0.6 is 11.8 Å². The van der Waals surface area contributed by atoms with Crippen LogP contribution in [0.4, 0.5) is 0 Å². The second-order valence-electron chi connectivity index (χ2n) is 2.74. The minimum atomic E-state index is 0.290. The molecule has 1 amide bonds. The highest BCUT2D eigenvalue weighted by Crippen LogP contribution is 2.34. The molecule has 2 heterocycles. The first-order valence-corrected chi connectivity index (χ1v) is 4.40. The van der Waals surface area contributed by atoms with E-state index in [1.54, 1.807) is 0 Å². The van der Waals surface area contributed by atoms with Gasteiger partial charge in [0.1, 0.15) is 0 Å². The molecule has 0 N–H and O–H groups in total. The standard InChI is InChI=1S/C7H9NOS/c1-5-3-8-6(9)2-7(8)10-4-5/h7H,1-4H2/t7-/m0/s1. The highest BCUT2D eigenvalue weighted by atomic mass is 32.2. The van der Waals surface area contributed by atoms with Gasteiger partial charge in [-0.05, 0) is 5.57 Å². The molecule has 2 rings (SSSR count). The van der Waals surface area contributed by atoms with E-state index in [-0.39, 0.29) is 0 Å². The van der Waals surface area contributed by atoms with E-state index in [1.165, 1.54) is 5.57 Å². The minimum absolute atomic E-state index is 0.290. The van der Waals surface area contributed by atoms with Gasteiger partial charge in [0.2, 0.25) is 5.91 Å². The van der Waals surface area contributed by atoms with Crippen LogP contribution in [0.5, 0.6) is 0 Å². The molecule has 0 aromatic rings. The fourth-order valence-electron chi connectivity index (χ4n) is 1.26. The van der Waals surface area contributed by atoms with Crippen LogP contribution in [0.1, 0.15) is 6.42 Å².